The van der Waals surface area contributed by atoms with E-state index in [1.165, 1.54) is 13.2 Å². The van der Waals surface area contributed by atoms with Crippen molar-refractivity contribution in [3.63, 3.8) is 0 Å². The lowest BCUT2D eigenvalue weighted by Crippen LogP contribution is -2.31. The van der Waals surface area contributed by atoms with Crippen molar-refractivity contribution in [2.24, 2.45) is 0 Å². The molecule has 1 N–H and O–H groups in total. The average Bonchev–Trinajstić information content (AvgIpc) is 2.78. The Bertz CT molecular complexity index is 754. The molecule has 7 nitrogen and oxygen atoms in total. The molecule has 0 spiro atoms. The molecule has 0 aliphatic carbocycles. The zero-order valence-corrected chi connectivity index (χ0v) is 17.5. The molecule has 0 aromatic heterocycles. The van der Waals surface area contributed by atoms with Crippen molar-refractivity contribution in [3.05, 3.63) is 30.6 Å². The number of carboxylic acid groups (broad SMARTS) is 1. The first-order valence-corrected chi connectivity index (χ1v) is 9.60. The van der Waals surface area contributed by atoms with Crippen molar-refractivity contribution >= 4 is 73.5 Å². The van der Waals surface area contributed by atoms with Crippen LogP contribution in [0.4, 0.5) is 4.79 Å². The maximum Gasteiger partial charge on any atom is 0.341 e. The first kappa shape index (κ1) is 20.2. The van der Waals surface area contributed by atoms with Crippen LogP contribution in [0.25, 0.3) is 6.08 Å². The highest BCUT2D eigenvalue weighted by atomic mass is 127. The predicted molar refractivity (Wildman–Crippen MR) is 105 cm³/mol. The molecular weight excluding hydrogens is 529 g/mol. The van der Waals surface area contributed by atoms with Crippen LogP contribution in [0.2, 0.25) is 0 Å². The summed E-state index contributed by atoms with van der Waals surface area (Å²) in [5, 5.41) is 8.44. The van der Waals surface area contributed by atoms with Crippen molar-refractivity contribution in [2.75, 3.05) is 26.9 Å². The van der Waals surface area contributed by atoms with Crippen LogP contribution < -0.4 is 4.74 Å². The minimum Gasteiger partial charge on any atom is -0.480 e. The molecule has 1 heterocycles. The summed E-state index contributed by atoms with van der Waals surface area (Å²) >= 11 is 6.25. The molecule has 2 amide bonds. The number of rotatable bonds is 7. The second kappa shape index (κ2) is 9.01. The number of hydrogen-bond donors (Lipinski definition) is 1. The highest BCUT2D eigenvalue weighted by Gasteiger charge is 2.34. The normalized spacial score (nSPS) is 16.0. The summed E-state index contributed by atoms with van der Waals surface area (Å²) in [6.07, 6.45) is 1.53. The fourth-order valence-electron chi connectivity index (χ4n) is 1.99. The number of methoxy groups -OCH3 is 1. The molecule has 1 fully saturated rings. The van der Waals surface area contributed by atoms with Gasteiger partial charge in [0, 0.05) is 16.2 Å². The van der Waals surface area contributed by atoms with Crippen LogP contribution in [0.1, 0.15) is 5.56 Å². The summed E-state index contributed by atoms with van der Waals surface area (Å²) in [4.78, 5) is 36.5. The van der Waals surface area contributed by atoms with Gasteiger partial charge >= 0.3 is 5.97 Å². The molecule has 1 aromatic rings. The van der Waals surface area contributed by atoms with E-state index in [1.807, 2.05) is 0 Å². The number of hydrogen-bond acceptors (Lipinski definition) is 6. The van der Waals surface area contributed by atoms with Crippen molar-refractivity contribution in [1.29, 1.82) is 0 Å². The quantitative estimate of drug-likeness (QED) is 0.418. The van der Waals surface area contributed by atoms with E-state index in [1.54, 1.807) is 12.1 Å². The summed E-state index contributed by atoms with van der Waals surface area (Å²) in [5.74, 6) is -1.23. The first-order chi connectivity index (χ1) is 11.8. The largest absolute Gasteiger partial charge is 0.480 e. The standard InChI is InChI=1S/C15H13BrINO6S/c1-23-3-2-18-14(21)11(25-15(18)22)5-8-4-9(17)6-10(16)13(8)24-7-12(19)20/h4-6H,2-3,7H2,1H3,(H,19,20)/b11-5+. The van der Waals surface area contributed by atoms with Gasteiger partial charge in [0.2, 0.25) is 0 Å². The topological polar surface area (TPSA) is 93.1 Å². The zero-order chi connectivity index (χ0) is 18.6. The number of aliphatic carboxylic acids is 1. The molecule has 25 heavy (non-hydrogen) atoms. The number of benzene rings is 1. The molecule has 1 saturated heterocycles. The van der Waals surface area contributed by atoms with Crippen LogP contribution in [0.15, 0.2) is 21.5 Å². The number of nitrogens with zero attached hydrogens (tertiary/aromatic N) is 1. The van der Waals surface area contributed by atoms with E-state index in [2.05, 4.69) is 38.5 Å². The van der Waals surface area contributed by atoms with Gasteiger partial charge < -0.3 is 14.6 Å². The lowest BCUT2D eigenvalue weighted by atomic mass is 10.2. The molecule has 0 unspecified atom stereocenters. The maximum atomic E-state index is 12.4. The number of carboxylic acids is 1. The van der Waals surface area contributed by atoms with E-state index in [-0.39, 0.29) is 23.3 Å². The molecule has 0 saturated carbocycles. The number of carbonyl (C=O) groups excluding carboxylic acids is 2. The van der Waals surface area contributed by atoms with Crippen LogP contribution >= 0.6 is 50.3 Å². The van der Waals surface area contributed by atoms with Gasteiger partial charge in [-0.2, -0.15) is 0 Å². The number of carbonyl (C=O) groups is 3. The van der Waals surface area contributed by atoms with E-state index in [0.717, 1.165) is 20.2 Å². The van der Waals surface area contributed by atoms with E-state index >= 15 is 0 Å². The molecule has 0 radical (unpaired) electrons. The molecule has 2 rings (SSSR count). The third-order valence-electron chi connectivity index (χ3n) is 3.06. The predicted octanol–water partition coefficient (Wildman–Crippen LogP) is 3.20. The Labute approximate surface area is 170 Å². The van der Waals surface area contributed by atoms with E-state index in [9.17, 15) is 14.4 Å². The van der Waals surface area contributed by atoms with Gasteiger partial charge in [-0.3, -0.25) is 14.5 Å². The van der Waals surface area contributed by atoms with Crippen LogP contribution in [-0.4, -0.2) is 54.0 Å². The van der Waals surface area contributed by atoms with Crippen molar-refractivity contribution < 1.29 is 29.0 Å². The van der Waals surface area contributed by atoms with E-state index in [0.29, 0.717) is 15.8 Å². The van der Waals surface area contributed by atoms with E-state index < -0.39 is 18.5 Å². The highest BCUT2D eigenvalue weighted by molar-refractivity contribution is 14.1. The zero-order valence-electron chi connectivity index (χ0n) is 13.0. The second-order valence-corrected chi connectivity index (χ2v) is 7.91. The Balaban J connectivity index is 2.35. The third-order valence-corrected chi connectivity index (χ3v) is 5.18. The number of thioether (sulfide) groups is 1. The van der Waals surface area contributed by atoms with Crippen LogP contribution in [0, 0.1) is 3.57 Å². The molecule has 1 aromatic carbocycles. The van der Waals surface area contributed by atoms with Crippen molar-refractivity contribution in [1.82, 2.24) is 4.90 Å². The third kappa shape index (κ3) is 5.19. The van der Waals surface area contributed by atoms with E-state index in [4.69, 9.17) is 14.6 Å². The van der Waals surface area contributed by atoms with Gasteiger partial charge in [0.1, 0.15) is 5.75 Å². The number of halogens is 2. The maximum absolute atomic E-state index is 12.4. The molecule has 0 atom stereocenters. The fraction of sp³-hybridized carbons (Fsp3) is 0.267. The van der Waals surface area contributed by atoms with Gasteiger partial charge in [0.25, 0.3) is 11.1 Å². The Morgan fingerprint density at radius 3 is 2.80 bits per heavy atom. The lowest BCUT2D eigenvalue weighted by molar-refractivity contribution is -0.139. The van der Waals surface area contributed by atoms with Gasteiger partial charge in [0.05, 0.1) is 22.5 Å². The summed E-state index contributed by atoms with van der Waals surface area (Å²) < 4.78 is 11.6. The average molecular weight is 542 g/mol. The number of ether oxygens (including phenoxy) is 2. The Kier molecular flexibility index (Phi) is 7.28. The summed E-state index contributed by atoms with van der Waals surface area (Å²) in [6.45, 7) is -0.0840. The van der Waals surface area contributed by atoms with Gasteiger partial charge in [-0.05, 0) is 68.5 Å². The molecule has 10 heteroatoms. The van der Waals surface area contributed by atoms with Crippen LogP contribution in [0.3, 0.4) is 0 Å². The van der Waals surface area contributed by atoms with Crippen LogP contribution in [0.5, 0.6) is 5.75 Å². The Hall–Kier alpha value is -1.11. The van der Waals surface area contributed by atoms with Crippen LogP contribution in [-0.2, 0) is 14.3 Å². The van der Waals surface area contributed by atoms with Crippen molar-refractivity contribution in [3.8, 4) is 5.75 Å². The smallest absolute Gasteiger partial charge is 0.341 e. The van der Waals surface area contributed by atoms with Gasteiger partial charge in [-0.25, -0.2) is 4.79 Å². The monoisotopic (exact) mass is 541 g/mol. The molecule has 0 bridgehead atoms. The Morgan fingerprint density at radius 1 is 1.44 bits per heavy atom. The van der Waals surface area contributed by atoms with Gasteiger partial charge in [-0.15, -0.1) is 0 Å². The van der Waals surface area contributed by atoms with Gasteiger partial charge in [0.15, 0.2) is 6.61 Å². The molecule has 1 aliphatic heterocycles. The SMILES string of the molecule is COCCN1C(=O)S/C(=C/c2cc(I)cc(Br)c2OCC(=O)O)C1=O. The molecule has 134 valence electrons. The minimum atomic E-state index is -1.11. The Morgan fingerprint density at radius 2 is 2.16 bits per heavy atom. The minimum absolute atomic E-state index is 0.177. The highest BCUT2D eigenvalue weighted by Crippen LogP contribution is 2.37. The molecule has 1 aliphatic rings. The first-order valence-electron chi connectivity index (χ1n) is 6.91. The summed E-state index contributed by atoms with van der Waals surface area (Å²) in [7, 11) is 1.49. The number of imide groups is 1. The summed E-state index contributed by atoms with van der Waals surface area (Å²) in [5.41, 5.74) is 0.511. The number of amides is 2. The van der Waals surface area contributed by atoms with Gasteiger partial charge in [-0.1, -0.05) is 0 Å². The molecular formula is C15H13BrINO6S. The second-order valence-electron chi connectivity index (χ2n) is 4.81. The van der Waals surface area contributed by atoms with Crippen molar-refractivity contribution in [2.45, 2.75) is 0 Å². The lowest BCUT2D eigenvalue weighted by Gasteiger charge is -2.12. The fourth-order valence-corrected chi connectivity index (χ4v) is 4.51. The summed E-state index contributed by atoms with van der Waals surface area (Å²) in [6, 6.07) is 3.51.